The third-order valence-electron chi connectivity index (χ3n) is 3.91. The average Bonchev–Trinajstić information content (AvgIpc) is 3.00. The monoisotopic (exact) mass is 345 g/mol. The molecule has 0 aromatic carbocycles. The summed E-state index contributed by atoms with van der Waals surface area (Å²) in [5.74, 6) is 0.393. The molecule has 23 heavy (non-hydrogen) atoms. The highest BCUT2D eigenvalue weighted by Crippen LogP contribution is 2.35. The van der Waals surface area contributed by atoms with E-state index in [2.05, 4.69) is 15.1 Å². The van der Waals surface area contributed by atoms with E-state index in [0.29, 0.717) is 18.9 Å². The summed E-state index contributed by atoms with van der Waals surface area (Å²) in [6.45, 7) is 1.30. The third kappa shape index (κ3) is 3.57. The Morgan fingerprint density at radius 3 is 2.78 bits per heavy atom. The van der Waals surface area contributed by atoms with Crippen LogP contribution in [0.3, 0.4) is 0 Å². The van der Waals surface area contributed by atoms with Crippen molar-refractivity contribution >= 4 is 17.4 Å². The lowest BCUT2D eigenvalue weighted by Gasteiger charge is -2.37. The third-order valence-corrected chi connectivity index (χ3v) is 4.19. The maximum absolute atomic E-state index is 12.7. The van der Waals surface area contributed by atoms with Crippen LogP contribution in [0.2, 0.25) is 5.02 Å². The van der Waals surface area contributed by atoms with Crippen LogP contribution in [0, 0.1) is 0 Å². The Balaban J connectivity index is 1.85. The Bertz CT molecular complexity index is 659. The first-order chi connectivity index (χ1) is 10.9. The number of aromatic nitrogens is 4. The molecule has 0 amide bonds. The van der Waals surface area contributed by atoms with Crippen LogP contribution in [0.15, 0.2) is 24.9 Å². The van der Waals surface area contributed by atoms with Gasteiger partial charge < -0.3 is 4.90 Å². The lowest BCUT2D eigenvalue weighted by Crippen LogP contribution is -2.43. The first kappa shape index (κ1) is 16.0. The Hall–Kier alpha value is -1.83. The Morgan fingerprint density at radius 2 is 2.13 bits per heavy atom. The minimum Gasteiger partial charge on any atom is -0.351 e. The van der Waals surface area contributed by atoms with Crippen LogP contribution in [0.1, 0.15) is 24.8 Å². The van der Waals surface area contributed by atoms with Crippen molar-refractivity contribution in [3.8, 4) is 0 Å². The molecule has 0 saturated carbocycles. The van der Waals surface area contributed by atoms with Crippen LogP contribution in [-0.2, 0) is 12.7 Å². The van der Waals surface area contributed by atoms with E-state index in [1.54, 1.807) is 11.0 Å². The van der Waals surface area contributed by atoms with Gasteiger partial charge in [-0.05, 0) is 25.3 Å². The number of hydrogen-bond acceptors (Lipinski definition) is 4. The number of hydrogen-bond donors (Lipinski definition) is 0. The van der Waals surface area contributed by atoms with Crippen LogP contribution < -0.4 is 4.90 Å². The van der Waals surface area contributed by atoms with Crippen molar-refractivity contribution < 1.29 is 13.2 Å². The van der Waals surface area contributed by atoms with E-state index in [1.807, 2.05) is 4.90 Å². The molecule has 1 atom stereocenters. The summed E-state index contributed by atoms with van der Waals surface area (Å²) in [5, 5.41) is 4.10. The lowest BCUT2D eigenvalue weighted by molar-refractivity contribution is -0.137. The SMILES string of the molecule is FC(F)(F)c1cnc(N2CCCC[C@@H]2Cn2cncn2)c(Cl)c1. The van der Waals surface area contributed by atoms with Crippen LogP contribution in [0.25, 0.3) is 0 Å². The number of nitrogens with zero attached hydrogens (tertiary/aromatic N) is 5. The smallest absolute Gasteiger partial charge is 0.351 e. The molecule has 124 valence electrons. The van der Waals surface area contributed by atoms with E-state index in [0.717, 1.165) is 31.5 Å². The first-order valence-corrected chi connectivity index (χ1v) is 7.65. The van der Waals surface area contributed by atoms with Gasteiger partial charge in [0.05, 0.1) is 23.2 Å². The second-order valence-electron chi connectivity index (χ2n) is 5.49. The molecule has 1 aliphatic heterocycles. The van der Waals surface area contributed by atoms with Gasteiger partial charge in [-0.15, -0.1) is 0 Å². The van der Waals surface area contributed by atoms with Gasteiger partial charge in [0.1, 0.15) is 18.5 Å². The maximum atomic E-state index is 12.7. The number of pyridine rings is 1. The predicted molar refractivity (Wildman–Crippen MR) is 79.3 cm³/mol. The quantitative estimate of drug-likeness (QED) is 0.855. The zero-order valence-electron chi connectivity index (χ0n) is 12.2. The molecule has 1 fully saturated rings. The molecular formula is C14H15ClF3N5. The van der Waals surface area contributed by atoms with Gasteiger partial charge in [0.2, 0.25) is 0 Å². The van der Waals surface area contributed by atoms with E-state index in [1.165, 1.54) is 6.33 Å². The standard InChI is InChI=1S/C14H15ClF3N5/c15-12-5-10(14(16,17)18)6-20-13(12)23-4-2-1-3-11(23)7-22-9-19-8-21-22/h5-6,8-9,11H,1-4,7H2/t11-/m1/s1. The summed E-state index contributed by atoms with van der Waals surface area (Å²) in [6, 6.07) is 1.01. The molecule has 0 bridgehead atoms. The topological polar surface area (TPSA) is 46.8 Å². The molecule has 0 radical (unpaired) electrons. The van der Waals surface area contributed by atoms with Crippen molar-refractivity contribution in [1.82, 2.24) is 19.7 Å². The first-order valence-electron chi connectivity index (χ1n) is 7.27. The van der Waals surface area contributed by atoms with Gasteiger partial charge in [0.25, 0.3) is 0 Å². The van der Waals surface area contributed by atoms with Gasteiger partial charge in [0.15, 0.2) is 0 Å². The maximum Gasteiger partial charge on any atom is 0.417 e. The molecule has 0 unspecified atom stereocenters. The van der Waals surface area contributed by atoms with E-state index >= 15 is 0 Å². The number of piperidine rings is 1. The fraction of sp³-hybridized carbons (Fsp3) is 0.500. The normalized spacial score (nSPS) is 19.1. The Kier molecular flexibility index (Phi) is 4.43. The lowest BCUT2D eigenvalue weighted by atomic mass is 10.0. The van der Waals surface area contributed by atoms with Crippen LogP contribution >= 0.6 is 11.6 Å². The average molecular weight is 346 g/mol. The fourth-order valence-corrected chi connectivity index (χ4v) is 3.08. The van der Waals surface area contributed by atoms with Crippen molar-refractivity contribution in [2.45, 2.75) is 38.0 Å². The molecule has 0 aliphatic carbocycles. The Labute approximate surface area is 136 Å². The Morgan fingerprint density at radius 1 is 1.30 bits per heavy atom. The van der Waals surface area contributed by atoms with Gasteiger partial charge in [0, 0.05) is 12.7 Å². The van der Waals surface area contributed by atoms with Crippen molar-refractivity contribution in [3.63, 3.8) is 0 Å². The summed E-state index contributed by atoms with van der Waals surface area (Å²) in [5.41, 5.74) is -0.837. The highest BCUT2D eigenvalue weighted by molar-refractivity contribution is 6.33. The molecule has 1 saturated heterocycles. The minimum absolute atomic E-state index is 0.0188. The summed E-state index contributed by atoms with van der Waals surface area (Å²) in [4.78, 5) is 9.85. The largest absolute Gasteiger partial charge is 0.417 e. The van der Waals surface area contributed by atoms with Crippen molar-refractivity contribution in [2.24, 2.45) is 0 Å². The van der Waals surface area contributed by atoms with Gasteiger partial charge in [-0.3, -0.25) is 4.68 Å². The summed E-state index contributed by atoms with van der Waals surface area (Å²) in [6.07, 6.45) is 2.37. The van der Waals surface area contributed by atoms with Crippen LogP contribution in [0.5, 0.6) is 0 Å². The van der Waals surface area contributed by atoms with E-state index in [4.69, 9.17) is 11.6 Å². The molecule has 0 N–H and O–H groups in total. The van der Waals surface area contributed by atoms with Crippen LogP contribution in [-0.4, -0.2) is 32.3 Å². The molecule has 9 heteroatoms. The van der Waals surface area contributed by atoms with Crippen molar-refractivity contribution in [3.05, 3.63) is 35.5 Å². The molecule has 0 spiro atoms. The second-order valence-corrected chi connectivity index (χ2v) is 5.89. The molecular weight excluding hydrogens is 331 g/mol. The van der Waals surface area contributed by atoms with E-state index in [-0.39, 0.29) is 11.1 Å². The summed E-state index contributed by atoms with van der Waals surface area (Å²) >= 11 is 6.08. The predicted octanol–water partition coefficient (Wildman–Crippen LogP) is 3.40. The number of anilines is 1. The van der Waals surface area contributed by atoms with Crippen molar-refractivity contribution in [1.29, 1.82) is 0 Å². The summed E-state index contributed by atoms with van der Waals surface area (Å²) in [7, 11) is 0. The molecule has 3 rings (SSSR count). The second kappa shape index (κ2) is 6.35. The highest BCUT2D eigenvalue weighted by Gasteiger charge is 2.33. The number of rotatable bonds is 3. The zero-order chi connectivity index (χ0) is 16.4. The van der Waals surface area contributed by atoms with Crippen molar-refractivity contribution in [2.75, 3.05) is 11.4 Å². The minimum atomic E-state index is -4.45. The molecule has 2 aromatic rings. The zero-order valence-corrected chi connectivity index (χ0v) is 12.9. The van der Waals surface area contributed by atoms with Gasteiger partial charge >= 0.3 is 6.18 Å². The molecule has 1 aliphatic rings. The molecule has 3 heterocycles. The van der Waals surface area contributed by atoms with E-state index in [9.17, 15) is 13.2 Å². The van der Waals surface area contributed by atoms with Crippen LogP contribution in [0.4, 0.5) is 19.0 Å². The highest BCUT2D eigenvalue weighted by atomic mass is 35.5. The van der Waals surface area contributed by atoms with E-state index < -0.39 is 11.7 Å². The molecule has 2 aromatic heterocycles. The molecule has 5 nitrogen and oxygen atoms in total. The van der Waals surface area contributed by atoms with Gasteiger partial charge in [-0.1, -0.05) is 11.6 Å². The van der Waals surface area contributed by atoms with Gasteiger partial charge in [-0.2, -0.15) is 18.3 Å². The number of alkyl halides is 3. The summed E-state index contributed by atoms with van der Waals surface area (Å²) < 4.78 is 39.9. The van der Waals surface area contributed by atoms with Gasteiger partial charge in [-0.25, -0.2) is 9.97 Å². The number of halogens is 4. The fourth-order valence-electron chi connectivity index (χ4n) is 2.81.